The Morgan fingerprint density at radius 1 is 1.08 bits per heavy atom. The summed E-state index contributed by atoms with van der Waals surface area (Å²) >= 11 is 0.833. The summed E-state index contributed by atoms with van der Waals surface area (Å²) in [5.74, 6) is -1.85. The maximum atomic E-state index is 13.0. The van der Waals surface area contributed by atoms with Crippen molar-refractivity contribution in [2.45, 2.75) is 50.9 Å². The molecule has 1 fully saturated rings. The van der Waals surface area contributed by atoms with Crippen molar-refractivity contribution in [2.24, 2.45) is 5.41 Å². The SMILES string of the molecule is C=C1Oc2cc(OC)cc(C(=O)SCCNC(=O)CCNC(=O)C(O)C(C)(C)COP(=O)(O)OP(=O)(O)OC[C@H]3O[C@@H](n4cnc5c(N)ncnc54)[C@H](O)[C@@H]3OP(=O)(O)O)c2NC1=O. The lowest BCUT2D eigenvalue weighted by molar-refractivity contribution is -0.137. The molecule has 4 heterocycles. The molecule has 11 N–H and O–H groups in total. The number of phosphoric ester groups is 3. The highest BCUT2D eigenvalue weighted by molar-refractivity contribution is 8.14. The number of methoxy groups -OCH3 is 1. The van der Waals surface area contributed by atoms with Crippen molar-refractivity contribution in [2.75, 3.05) is 50.2 Å². The number of amides is 3. The van der Waals surface area contributed by atoms with E-state index in [1.54, 1.807) is 0 Å². The number of nitrogens with two attached hydrogens (primary N) is 1. The summed E-state index contributed by atoms with van der Waals surface area (Å²) in [7, 11) is -15.1. The van der Waals surface area contributed by atoms with Gasteiger partial charge in [-0.25, -0.2) is 28.6 Å². The topological polar surface area (TPSA) is 411 Å². The number of fused-ring (bicyclic) bond motifs is 2. The molecule has 3 aromatic rings. The quantitative estimate of drug-likeness (QED) is 0.0376. The second kappa shape index (κ2) is 20.4. The minimum absolute atomic E-state index is 0.0166. The molecule has 2 aliphatic rings. The van der Waals surface area contributed by atoms with Crippen molar-refractivity contribution in [1.29, 1.82) is 0 Å². The average Bonchev–Trinajstić information content (AvgIpc) is 3.77. The van der Waals surface area contributed by atoms with E-state index in [4.69, 9.17) is 29.0 Å². The van der Waals surface area contributed by atoms with Crippen LogP contribution in [0.4, 0.5) is 11.5 Å². The molecule has 0 radical (unpaired) electrons. The lowest BCUT2D eigenvalue weighted by Crippen LogP contribution is -2.46. The Hall–Kier alpha value is -4.41. The third-order valence-electron chi connectivity index (χ3n) is 8.99. The van der Waals surface area contributed by atoms with Gasteiger partial charge in [0.2, 0.25) is 16.9 Å². The summed E-state index contributed by atoms with van der Waals surface area (Å²) in [5.41, 5.74) is 4.42. The van der Waals surface area contributed by atoms with Crippen LogP contribution >= 0.6 is 35.2 Å². The van der Waals surface area contributed by atoms with Crippen LogP contribution in [0.3, 0.4) is 0 Å². The molecule has 352 valence electrons. The number of nitrogen functional groups attached to an aromatic ring is 1. The summed E-state index contributed by atoms with van der Waals surface area (Å²) < 4.78 is 72.9. The fourth-order valence-corrected chi connectivity index (χ4v) is 9.33. The number of aromatic nitrogens is 4. The van der Waals surface area contributed by atoms with Gasteiger partial charge in [0, 0.05) is 36.7 Å². The molecule has 32 heteroatoms. The van der Waals surface area contributed by atoms with Gasteiger partial charge in [-0.15, -0.1) is 0 Å². The fraction of sp³-hybridized carbons (Fsp3) is 0.469. The Morgan fingerprint density at radius 3 is 2.47 bits per heavy atom. The molecule has 5 rings (SSSR count). The highest BCUT2D eigenvalue weighted by atomic mass is 32.2. The molecule has 2 aliphatic heterocycles. The predicted molar refractivity (Wildman–Crippen MR) is 218 cm³/mol. The first-order valence-electron chi connectivity index (χ1n) is 18.3. The van der Waals surface area contributed by atoms with Crippen LogP contribution in [0.2, 0.25) is 0 Å². The minimum atomic E-state index is -5.61. The zero-order chi connectivity index (χ0) is 47.4. The highest BCUT2D eigenvalue weighted by Crippen LogP contribution is 2.61. The standard InChI is InChI=1S/C32H43N8O20P3S/c1-15-28(44)39-21-17(9-16(54-4)10-18(21)57-15)31(46)64-8-7-34-20(41)5-6-35-29(45)25(43)32(2,3)12-56-63(52,53)60-62(50,51)55-11-19-24(59-61(47,48)49)23(42)30(58-19)40-14-38-22-26(33)36-13-37-27(22)40/h9-10,13-14,19,23-25,30,42-43H,1,5-8,11-12H2,2-4H3,(H,34,41)(H,35,45)(H,39,44)(H,50,51)(H,52,53)(H2,33,36,37)(H2,47,48,49)/t19-,23-,24-,25?,30-/m1/s1. The Bertz CT molecular complexity index is 2440. The fourth-order valence-electron chi connectivity index (χ4n) is 5.79. The van der Waals surface area contributed by atoms with Crippen LogP contribution in [0.25, 0.3) is 11.2 Å². The Morgan fingerprint density at radius 2 is 1.78 bits per heavy atom. The number of rotatable bonds is 21. The van der Waals surface area contributed by atoms with E-state index < -0.39 is 95.6 Å². The van der Waals surface area contributed by atoms with Gasteiger partial charge in [0.1, 0.15) is 42.0 Å². The number of hydrogen-bond donors (Lipinski definition) is 10. The van der Waals surface area contributed by atoms with Crippen molar-refractivity contribution in [1.82, 2.24) is 30.2 Å². The van der Waals surface area contributed by atoms with Crippen molar-refractivity contribution in [3.05, 3.63) is 42.7 Å². The Labute approximate surface area is 365 Å². The van der Waals surface area contributed by atoms with Crippen LogP contribution in [0.5, 0.6) is 11.5 Å². The maximum absolute atomic E-state index is 13.0. The van der Waals surface area contributed by atoms with Gasteiger partial charge in [0.05, 0.1) is 37.9 Å². The summed E-state index contributed by atoms with van der Waals surface area (Å²) in [6.07, 6.45) is -7.17. The van der Waals surface area contributed by atoms with E-state index in [-0.39, 0.29) is 70.8 Å². The Kier molecular flexibility index (Phi) is 16.1. The molecule has 7 atom stereocenters. The molecule has 0 spiro atoms. The van der Waals surface area contributed by atoms with Gasteiger partial charge in [-0.1, -0.05) is 32.2 Å². The van der Waals surface area contributed by atoms with Crippen LogP contribution in [-0.4, -0.2) is 136 Å². The molecule has 64 heavy (non-hydrogen) atoms. The molecular formula is C32H43N8O20P3S. The zero-order valence-electron chi connectivity index (χ0n) is 33.7. The molecule has 0 aliphatic carbocycles. The first-order valence-corrected chi connectivity index (χ1v) is 23.8. The average molecular weight is 985 g/mol. The number of phosphoric acid groups is 3. The van der Waals surface area contributed by atoms with Gasteiger partial charge in [0.25, 0.3) is 5.91 Å². The van der Waals surface area contributed by atoms with E-state index >= 15 is 0 Å². The van der Waals surface area contributed by atoms with E-state index in [0.29, 0.717) is 0 Å². The number of nitrogens with one attached hydrogen (secondary N) is 3. The summed E-state index contributed by atoms with van der Waals surface area (Å²) in [6.45, 7) is 3.61. The lowest BCUT2D eigenvalue weighted by Gasteiger charge is -2.30. The van der Waals surface area contributed by atoms with Crippen LogP contribution in [0.1, 0.15) is 36.9 Å². The van der Waals surface area contributed by atoms with Gasteiger partial charge in [0.15, 0.2) is 29.2 Å². The first kappa shape index (κ1) is 50.6. The number of aliphatic hydroxyl groups is 2. The lowest BCUT2D eigenvalue weighted by atomic mass is 9.87. The van der Waals surface area contributed by atoms with E-state index in [9.17, 15) is 62.7 Å². The first-order chi connectivity index (χ1) is 29.8. The number of benzene rings is 1. The van der Waals surface area contributed by atoms with Crippen LogP contribution in [0.15, 0.2) is 37.1 Å². The number of thioether (sulfide) groups is 1. The zero-order valence-corrected chi connectivity index (χ0v) is 37.2. The Balaban J connectivity index is 1.05. The minimum Gasteiger partial charge on any atom is -0.497 e. The second-order valence-electron chi connectivity index (χ2n) is 14.2. The van der Waals surface area contributed by atoms with Gasteiger partial charge >= 0.3 is 23.5 Å². The number of hydrogen-bond acceptors (Lipinski definition) is 21. The van der Waals surface area contributed by atoms with Gasteiger partial charge in [-0.2, -0.15) is 4.31 Å². The van der Waals surface area contributed by atoms with Gasteiger partial charge in [-0.3, -0.25) is 37.3 Å². The normalized spacial score (nSPS) is 21.2. The number of anilines is 2. The van der Waals surface area contributed by atoms with Crippen molar-refractivity contribution in [3.63, 3.8) is 0 Å². The number of carbonyl (C=O) groups excluding carboxylic acids is 4. The van der Waals surface area contributed by atoms with E-state index in [1.165, 1.54) is 33.1 Å². The third kappa shape index (κ3) is 12.9. The number of nitrogens with zero attached hydrogens (tertiary/aromatic N) is 4. The van der Waals surface area contributed by atoms with Crippen LogP contribution in [0, 0.1) is 5.41 Å². The summed E-state index contributed by atoms with van der Waals surface area (Å²) in [6, 6.07) is 2.89. The second-order valence-corrected chi connectivity index (χ2v) is 19.5. The van der Waals surface area contributed by atoms with Crippen LogP contribution in [-0.2, 0) is 50.7 Å². The largest absolute Gasteiger partial charge is 0.497 e. The van der Waals surface area contributed by atoms with Gasteiger partial charge < -0.3 is 65.7 Å². The number of aliphatic hydroxyl groups excluding tert-OH is 2. The molecule has 1 aromatic carbocycles. The maximum Gasteiger partial charge on any atom is 0.481 e. The molecule has 0 saturated carbocycles. The third-order valence-corrected chi connectivity index (χ3v) is 13.0. The molecule has 3 amide bonds. The van der Waals surface area contributed by atoms with Crippen molar-refractivity contribution < 1.29 is 94.8 Å². The van der Waals surface area contributed by atoms with E-state index in [2.05, 4.69) is 46.3 Å². The summed E-state index contributed by atoms with van der Waals surface area (Å²) in [4.78, 5) is 101. The number of carbonyl (C=O) groups is 4. The van der Waals surface area contributed by atoms with Crippen LogP contribution < -0.4 is 31.2 Å². The van der Waals surface area contributed by atoms with Crippen molar-refractivity contribution >= 4 is 80.7 Å². The molecule has 1 saturated heterocycles. The smallest absolute Gasteiger partial charge is 0.481 e. The van der Waals surface area contributed by atoms with E-state index in [0.717, 1.165) is 29.0 Å². The summed E-state index contributed by atoms with van der Waals surface area (Å²) in [5, 5.41) is 28.5. The number of ether oxygens (including phenoxy) is 3. The molecular weight excluding hydrogens is 941 g/mol. The monoisotopic (exact) mass is 984 g/mol. The molecule has 0 bridgehead atoms. The van der Waals surface area contributed by atoms with E-state index in [1.807, 2.05) is 0 Å². The highest BCUT2D eigenvalue weighted by Gasteiger charge is 2.50. The molecule has 3 unspecified atom stereocenters. The predicted octanol–water partition coefficient (Wildman–Crippen LogP) is -0.168. The van der Waals surface area contributed by atoms with Gasteiger partial charge in [-0.05, 0) is 6.07 Å². The number of imidazole rings is 1. The van der Waals surface area contributed by atoms with Crippen molar-refractivity contribution in [3.8, 4) is 11.5 Å². The molecule has 28 nitrogen and oxygen atoms in total. The molecule has 2 aromatic heterocycles.